The molecule has 168 valence electrons. The van der Waals surface area contributed by atoms with Gasteiger partial charge in [-0.1, -0.05) is 24.1 Å². The van der Waals surface area contributed by atoms with E-state index in [-0.39, 0.29) is 29.1 Å². The minimum Gasteiger partial charge on any atom is -0.338 e. The lowest BCUT2D eigenvalue weighted by Crippen LogP contribution is -2.60. The predicted octanol–water partition coefficient (Wildman–Crippen LogP) is 3.97. The third kappa shape index (κ3) is 3.17. The van der Waals surface area contributed by atoms with Gasteiger partial charge in [0, 0.05) is 31.4 Å². The van der Waals surface area contributed by atoms with Gasteiger partial charge < -0.3 is 9.47 Å². The summed E-state index contributed by atoms with van der Waals surface area (Å²) in [7, 11) is 0. The van der Waals surface area contributed by atoms with Gasteiger partial charge in [-0.15, -0.1) is 0 Å². The van der Waals surface area contributed by atoms with Crippen molar-refractivity contribution in [3.8, 4) is 0 Å². The van der Waals surface area contributed by atoms with Crippen LogP contribution in [-0.2, 0) is 11.3 Å². The number of nitro groups is 1. The van der Waals surface area contributed by atoms with Crippen molar-refractivity contribution in [1.82, 2.24) is 14.4 Å². The number of nitrogens with zero attached hydrogens (tertiary/aromatic N) is 4. The quantitative estimate of drug-likeness (QED) is 0.416. The maximum atomic E-state index is 13.6. The lowest BCUT2D eigenvalue weighted by atomic mass is 9.68. The van der Waals surface area contributed by atoms with Crippen LogP contribution in [0, 0.1) is 22.0 Å². The molecule has 4 atom stereocenters. The molecule has 1 aliphatic carbocycles. The first-order valence-corrected chi connectivity index (χ1v) is 12.1. The molecule has 7 heteroatoms. The number of hydrogen-bond acceptors (Lipinski definition) is 4. The van der Waals surface area contributed by atoms with E-state index in [9.17, 15) is 14.9 Å². The van der Waals surface area contributed by atoms with Crippen molar-refractivity contribution in [3.63, 3.8) is 0 Å². The lowest BCUT2D eigenvalue weighted by Gasteiger charge is -2.54. The molecule has 0 saturated carbocycles. The molecule has 3 saturated heterocycles. The molecule has 0 radical (unpaired) electrons. The summed E-state index contributed by atoms with van der Waals surface area (Å²) >= 11 is 0. The Morgan fingerprint density at radius 1 is 1.16 bits per heavy atom. The number of rotatable bonds is 3. The molecular weight excluding hydrogens is 404 g/mol. The van der Waals surface area contributed by atoms with Crippen LogP contribution in [0.5, 0.6) is 0 Å². The first-order valence-electron chi connectivity index (χ1n) is 12.1. The van der Waals surface area contributed by atoms with Gasteiger partial charge in [-0.25, -0.2) is 0 Å². The smallest absolute Gasteiger partial charge is 0.278 e. The first kappa shape index (κ1) is 20.0. The number of non-ortho nitro benzene ring substituents is 1. The molecule has 32 heavy (non-hydrogen) atoms. The van der Waals surface area contributed by atoms with E-state index in [1.165, 1.54) is 43.9 Å². The van der Waals surface area contributed by atoms with Crippen LogP contribution in [0.25, 0.3) is 10.9 Å². The van der Waals surface area contributed by atoms with Crippen LogP contribution in [-0.4, -0.2) is 56.9 Å². The van der Waals surface area contributed by atoms with Crippen LogP contribution in [0.3, 0.4) is 0 Å². The van der Waals surface area contributed by atoms with Crippen LogP contribution < -0.4 is 0 Å². The SMILES string of the molecule is O=C(Cn1ccc2c([N+](=O)[O-])cccc21)N1CCCC2=C[C@H]3C[C@@H](CN4CCCCC34)C21. The molecule has 2 unspecified atom stereocenters. The molecule has 0 N–H and O–H groups in total. The Balaban J connectivity index is 1.27. The fraction of sp³-hybridized carbons (Fsp3) is 0.560. The largest absolute Gasteiger partial charge is 0.338 e. The van der Waals surface area contributed by atoms with E-state index in [1.54, 1.807) is 12.1 Å². The van der Waals surface area contributed by atoms with Crippen LogP contribution in [0.1, 0.15) is 38.5 Å². The van der Waals surface area contributed by atoms with Gasteiger partial charge in [0.25, 0.3) is 5.69 Å². The van der Waals surface area contributed by atoms with Gasteiger partial charge in [-0.2, -0.15) is 0 Å². The third-order valence-corrected chi connectivity index (χ3v) is 8.27. The second-order valence-electron chi connectivity index (χ2n) is 10.0. The summed E-state index contributed by atoms with van der Waals surface area (Å²) in [4.78, 5) is 29.4. The van der Waals surface area contributed by atoms with Crippen molar-refractivity contribution in [2.24, 2.45) is 11.8 Å². The molecule has 0 spiro atoms. The number of hydrogen-bond donors (Lipinski definition) is 0. The number of benzene rings is 1. The maximum absolute atomic E-state index is 13.6. The van der Waals surface area contributed by atoms with Crippen molar-refractivity contribution in [2.45, 2.75) is 57.2 Å². The van der Waals surface area contributed by atoms with Gasteiger partial charge in [0.15, 0.2) is 0 Å². The summed E-state index contributed by atoms with van der Waals surface area (Å²) in [5.41, 5.74) is 2.33. The molecule has 2 aromatic rings. The Morgan fingerprint density at radius 3 is 2.94 bits per heavy atom. The standard InChI is InChI=1S/C25H30N4O3/c30-24(16-27-12-9-20-22(27)7-3-8-23(20)29(31)32)28-11-4-5-17-13-18-14-19(25(17)28)15-26-10-2-1-6-21(18)26/h3,7-9,12-13,18-19,21,25H,1-2,4-6,10-11,14-16H2/t18-,19-,21?,25?/m0/s1. The topological polar surface area (TPSA) is 71.6 Å². The van der Waals surface area contributed by atoms with E-state index in [2.05, 4.69) is 15.9 Å². The molecule has 2 bridgehead atoms. The molecule has 4 heterocycles. The van der Waals surface area contributed by atoms with Crippen LogP contribution in [0.15, 0.2) is 42.1 Å². The van der Waals surface area contributed by atoms with Crippen molar-refractivity contribution in [3.05, 3.63) is 52.2 Å². The van der Waals surface area contributed by atoms with Crippen molar-refractivity contribution in [2.75, 3.05) is 19.6 Å². The predicted molar refractivity (Wildman–Crippen MR) is 122 cm³/mol. The molecule has 6 rings (SSSR count). The Bertz CT molecular complexity index is 1110. The van der Waals surface area contributed by atoms with E-state index in [1.807, 2.05) is 16.8 Å². The summed E-state index contributed by atoms with van der Waals surface area (Å²) in [6.45, 7) is 3.36. The average Bonchev–Trinajstić information content (AvgIpc) is 3.21. The number of carbonyl (C=O) groups excluding carboxylic acids is 1. The maximum Gasteiger partial charge on any atom is 0.278 e. The Hall–Kier alpha value is -2.67. The Kier molecular flexibility index (Phi) is 4.82. The van der Waals surface area contributed by atoms with Crippen LogP contribution in [0.4, 0.5) is 5.69 Å². The van der Waals surface area contributed by atoms with Crippen LogP contribution >= 0.6 is 0 Å². The number of aromatic nitrogens is 1. The van der Waals surface area contributed by atoms with Gasteiger partial charge in [-0.05, 0) is 62.6 Å². The molecule has 1 aromatic heterocycles. The number of carbonyl (C=O) groups is 1. The van der Waals surface area contributed by atoms with E-state index in [0.717, 1.165) is 31.4 Å². The Morgan fingerprint density at radius 2 is 2.06 bits per heavy atom. The second kappa shape index (κ2) is 7.73. The fourth-order valence-electron chi connectivity index (χ4n) is 6.99. The highest BCUT2D eigenvalue weighted by molar-refractivity contribution is 5.90. The van der Waals surface area contributed by atoms with Crippen molar-refractivity contribution in [1.29, 1.82) is 0 Å². The summed E-state index contributed by atoms with van der Waals surface area (Å²) in [6.07, 6.45) is 11.7. The highest BCUT2D eigenvalue weighted by atomic mass is 16.6. The van der Waals surface area contributed by atoms with E-state index >= 15 is 0 Å². The molecular formula is C25H30N4O3. The fourth-order valence-corrected chi connectivity index (χ4v) is 6.99. The highest BCUT2D eigenvalue weighted by Gasteiger charge is 2.46. The molecule has 1 amide bonds. The van der Waals surface area contributed by atoms with Crippen LogP contribution in [0.2, 0.25) is 0 Å². The van der Waals surface area contributed by atoms with Crippen molar-refractivity contribution >= 4 is 22.5 Å². The lowest BCUT2D eigenvalue weighted by molar-refractivity contribution is -0.383. The van der Waals surface area contributed by atoms with Gasteiger partial charge in [-0.3, -0.25) is 19.8 Å². The molecule has 1 aromatic carbocycles. The zero-order valence-corrected chi connectivity index (χ0v) is 18.4. The minimum atomic E-state index is -0.356. The number of fused-ring (bicyclic) bond motifs is 7. The first-order chi connectivity index (χ1) is 15.6. The molecule has 7 nitrogen and oxygen atoms in total. The zero-order chi connectivity index (χ0) is 21.8. The minimum absolute atomic E-state index is 0.0912. The number of likely N-dealkylation sites (tertiary alicyclic amines) is 1. The average molecular weight is 435 g/mol. The van der Waals surface area contributed by atoms with E-state index in [4.69, 9.17) is 0 Å². The normalized spacial score (nSPS) is 29.9. The van der Waals surface area contributed by atoms with Gasteiger partial charge in [0.05, 0.1) is 21.9 Å². The summed E-state index contributed by atoms with van der Waals surface area (Å²) in [5.74, 6) is 1.31. The summed E-state index contributed by atoms with van der Waals surface area (Å²) in [5, 5.41) is 12.0. The number of amides is 1. The molecule has 4 aliphatic rings. The second-order valence-corrected chi connectivity index (χ2v) is 10.0. The summed E-state index contributed by atoms with van der Waals surface area (Å²) < 4.78 is 1.87. The monoisotopic (exact) mass is 434 g/mol. The third-order valence-electron chi connectivity index (χ3n) is 8.27. The zero-order valence-electron chi connectivity index (χ0n) is 18.4. The number of piperidine rings is 3. The number of nitro benzene ring substituents is 1. The van der Waals surface area contributed by atoms with E-state index < -0.39 is 0 Å². The summed E-state index contributed by atoms with van der Waals surface area (Å²) in [6, 6.07) is 7.77. The van der Waals surface area contributed by atoms with Gasteiger partial charge in [0.2, 0.25) is 5.91 Å². The molecule has 3 aliphatic heterocycles. The molecule has 3 fully saturated rings. The highest BCUT2D eigenvalue weighted by Crippen LogP contribution is 2.45. The van der Waals surface area contributed by atoms with Gasteiger partial charge in [0.1, 0.15) is 6.54 Å². The van der Waals surface area contributed by atoms with E-state index in [0.29, 0.717) is 23.3 Å². The van der Waals surface area contributed by atoms with Crippen molar-refractivity contribution < 1.29 is 9.72 Å². The van der Waals surface area contributed by atoms with Gasteiger partial charge >= 0.3 is 0 Å². The Labute approximate surface area is 187 Å².